The number of carbonyl (C=O) groups excluding carboxylic acids is 1. The maximum atomic E-state index is 13.4. The highest BCUT2D eigenvalue weighted by Gasteiger charge is 2.16. The molecular weight excluding hydrogens is 271 g/mol. The molecule has 4 nitrogen and oxygen atoms in total. The summed E-state index contributed by atoms with van der Waals surface area (Å²) in [5.41, 5.74) is 0.311. The third-order valence-corrected chi connectivity index (χ3v) is 3.09. The molecule has 1 unspecified atom stereocenters. The highest BCUT2D eigenvalue weighted by Crippen LogP contribution is 2.17. The van der Waals surface area contributed by atoms with Crippen LogP contribution in [0.25, 0.3) is 0 Å². The van der Waals surface area contributed by atoms with Crippen LogP contribution in [0.3, 0.4) is 0 Å². The van der Waals surface area contributed by atoms with Gasteiger partial charge in [0.25, 0.3) is 5.91 Å². The van der Waals surface area contributed by atoms with E-state index in [-0.39, 0.29) is 24.1 Å². The highest BCUT2D eigenvalue weighted by molar-refractivity contribution is 5.94. The topological polar surface area (TPSA) is 50.4 Å². The molecule has 1 saturated heterocycles. The molecule has 1 fully saturated rings. The van der Waals surface area contributed by atoms with E-state index in [0.717, 1.165) is 19.4 Å². The molecule has 1 aliphatic rings. The van der Waals surface area contributed by atoms with E-state index in [9.17, 15) is 9.18 Å². The van der Waals surface area contributed by atoms with Gasteiger partial charge in [-0.15, -0.1) is 12.4 Å². The molecule has 19 heavy (non-hydrogen) atoms. The molecule has 2 N–H and O–H groups in total. The van der Waals surface area contributed by atoms with Crippen LogP contribution in [-0.4, -0.2) is 32.1 Å². The number of hydrogen-bond donors (Lipinski definition) is 2. The van der Waals surface area contributed by atoms with E-state index in [1.54, 1.807) is 6.07 Å². The fourth-order valence-electron chi connectivity index (χ4n) is 2.06. The maximum absolute atomic E-state index is 13.4. The second kappa shape index (κ2) is 7.31. The normalized spacial score (nSPS) is 17.7. The minimum absolute atomic E-state index is 0. The van der Waals surface area contributed by atoms with Crippen molar-refractivity contribution in [2.24, 2.45) is 0 Å². The predicted molar refractivity (Wildman–Crippen MR) is 73.6 cm³/mol. The van der Waals surface area contributed by atoms with Crippen LogP contribution in [0.5, 0.6) is 5.75 Å². The van der Waals surface area contributed by atoms with Crippen molar-refractivity contribution in [2.45, 2.75) is 18.9 Å². The molecule has 0 radical (unpaired) electrons. The Morgan fingerprint density at radius 1 is 1.58 bits per heavy atom. The first kappa shape index (κ1) is 15.7. The van der Waals surface area contributed by atoms with E-state index >= 15 is 0 Å². The van der Waals surface area contributed by atoms with Crippen molar-refractivity contribution in [2.75, 3.05) is 20.2 Å². The summed E-state index contributed by atoms with van der Waals surface area (Å²) < 4.78 is 18.2. The van der Waals surface area contributed by atoms with Crippen LogP contribution >= 0.6 is 12.4 Å². The minimum atomic E-state index is -0.524. The van der Waals surface area contributed by atoms with Crippen molar-refractivity contribution >= 4 is 18.3 Å². The van der Waals surface area contributed by atoms with Crippen LogP contribution in [0.4, 0.5) is 4.39 Å². The molecule has 1 aliphatic heterocycles. The Kier molecular flexibility index (Phi) is 6.05. The third kappa shape index (κ3) is 4.08. The Morgan fingerprint density at radius 2 is 2.37 bits per heavy atom. The van der Waals surface area contributed by atoms with Gasteiger partial charge in [0.1, 0.15) is 0 Å². The average Bonchev–Trinajstić information content (AvgIpc) is 2.89. The Bertz CT molecular complexity index is 437. The first-order valence-corrected chi connectivity index (χ1v) is 6.06. The molecule has 6 heteroatoms. The summed E-state index contributed by atoms with van der Waals surface area (Å²) in [6, 6.07) is 4.53. The van der Waals surface area contributed by atoms with Crippen LogP contribution in [0.15, 0.2) is 18.2 Å². The van der Waals surface area contributed by atoms with Gasteiger partial charge in [0.2, 0.25) is 0 Å². The lowest BCUT2D eigenvalue weighted by Gasteiger charge is -2.11. The highest BCUT2D eigenvalue weighted by atomic mass is 35.5. The zero-order chi connectivity index (χ0) is 13.0. The average molecular weight is 289 g/mol. The van der Waals surface area contributed by atoms with Crippen molar-refractivity contribution in [3.05, 3.63) is 29.6 Å². The van der Waals surface area contributed by atoms with Gasteiger partial charge < -0.3 is 15.4 Å². The van der Waals surface area contributed by atoms with E-state index in [1.807, 2.05) is 0 Å². The molecule has 1 amide bonds. The molecule has 1 aromatic carbocycles. The van der Waals surface area contributed by atoms with Gasteiger partial charge in [-0.25, -0.2) is 4.39 Å². The fourth-order valence-corrected chi connectivity index (χ4v) is 2.06. The van der Waals surface area contributed by atoms with Crippen molar-refractivity contribution in [1.29, 1.82) is 0 Å². The van der Waals surface area contributed by atoms with Crippen molar-refractivity contribution in [3.8, 4) is 5.75 Å². The van der Waals surface area contributed by atoms with Gasteiger partial charge in [0, 0.05) is 18.2 Å². The zero-order valence-electron chi connectivity index (χ0n) is 10.7. The maximum Gasteiger partial charge on any atom is 0.251 e. The van der Waals surface area contributed by atoms with E-state index in [1.165, 1.54) is 19.2 Å². The molecular formula is C13H18ClFN2O2. The molecule has 1 aromatic rings. The second-order valence-corrected chi connectivity index (χ2v) is 4.35. The molecule has 1 heterocycles. The summed E-state index contributed by atoms with van der Waals surface area (Å²) in [6.45, 7) is 1.57. The van der Waals surface area contributed by atoms with Crippen LogP contribution in [-0.2, 0) is 0 Å². The number of rotatable bonds is 4. The number of methoxy groups -OCH3 is 1. The quantitative estimate of drug-likeness (QED) is 0.887. The predicted octanol–water partition coefficient (Wildman–Crippen LogP) is 1.74. The lowest BCUT2D eigenvalue weighted by Crippen LogP contribution is -2.37. The molecule has 0 aliphatic carbocycles. The van der Waals surface area contributed by atoms with Gasteiger partial charge in [0.15, 0.2) is 11.6 Å². The molecule has 1 atom stereocenters. The Labute approximate surface area is 118 Å². The summed E-state index contributed by atoms with van der Waals surface area (Å²) in [7, 11) is 1.39. The molecule has 0 saturated carbocycles. The Hall–Kier alpha value is -1.33. The standard InChI is InChI=1S/C13H17FN2O2.ClH/c1-18-12-5-4-9(7-11(12)14)13(17)16-8-10-3-2-6-15-10;/h4-5,7,10,15H,2-3,6,8H2,1H3,(H,16,17);1H. The molecule has 0 bridgehead atoms. The lowest BCUT2D eigenvalue weighted by atomic mass is 10.2. The van der Waals surface area contributed by atoms with Crippen LogP contribution < -0.4 is 15.4 Å². The number of nitrogens with one attached hydrogen (secondary N) is 2. The largest absolute Gasteiger partial charge is 0.494 e. The number of carbonyl (C=O) groups is 1. The monoisotopic (exact) mass is 288 g/mol. The fraction of sp³-hybridized carbons (Fsp3) is 0.462. The Balaban J connectivity index is 0.00000180. The number of hydrogen-bond acceptors (Lipinski definition) is 3. The second-order valence-electron chi connectivity index (χ2n) is 4.35. The van der Waals surface area contributed by atoms with Crippen LogP contribution in [0, 0.1) is 5.82 Å². The van der Waals surface area contributed by atoms with Crippen LogP contribution in [0.1, 0.15) is 23.2 Å². The molecule has 106 valence electrons. The Morgan fingerprint density at radius 3 is 2.95 bits per heavy atom. The first-order chi connectivity index (χ1) is 8.70. The zero-order valence-corrected chi connectivity index (χ0v) is 11.6. The summed E-state index contributed by atoms with van der Waals surface area (Å²) in [5, 5.41) is 6.08. The van der Waals surface area contributed by atoms with E-state index in [2.05, 4.69) is 10.6 Å². The molecule has 2 rings (SSSR count). The van der Waals surface area contributed by atoms with Gasteiger partial charge >= 0.3 is 0 Å². The number of halogens is 2. The number of benzene rings is 1. The van der Waals surface area contributed by atoms with Gasteiger partial charge in [0.05, 0.1) is 7.11 Å². The summed E-state index contributed by atoms with van der Waals surface area (Å²) >= 11 is 0. The molecule has 0 aromatic heterocycles. The van der Waals surface area contributed by atoms with E-state index < -0.39 is 5.82 Å². The third-order valence-electron chi connectivity index (χ3n) is 3.09. The SMILES string of the molecule is COc1ccc(C(=O)NCC2CCCN2)cc1F.Cl. The number of ether oxygens (including phenoxy) is 1. The van der Waals surface area contributed by atoms with Crippen molar-refractivity contribution < 1.29 is 13.9 Å². The smallest absolute Gasteiger partial charge is 0.251 e. The summed E-state index contributed by atoms with van der Waals surface area (Å²) in [4.78, 5) is 11.8. The van der Waals surface area contributed by atoms with Gasteiger partial charge in [-0.3, -0.25) is 4.79 Å². The summed E-state index contributed by atoms with van der Waals surface area (Å²) in [6.07, 6.45) is 2.20. The first-order valence-electron chi connectivity index (χ1n) is 6.06. The van der Waals surface area contributed by atoms with Gasteiger partial charge in [-0.05, 0) is 37.6 Å². The minimum Gasteiger partial charge on any atom is -0.494 e. The van der Waals surface area contributed by atoms with Gasteiger partial charge in [-0.1, -0.05) is 0 Å². The number of amides is 1. The van der Waals surface area contributed by atoms with Gasteiger partial charge in [-0.2, -0.15) is 0 Å². The van der Waals surface area contributed by atoms with E-state index in [0.29, 0.717) is 18.2 Å². The van der Waals surface area contributed by atoms with Crippen molar-refractivity contribution in [1.82, 2.24) is 10.6 Å². The van der Waals surface area contributed by atoms with Crippen LogP contribution in [0.2, 0.25) is 0 Å². The lowest BCUT2D eigenvalue weighted by molar-refractivity contribution is 0.0950. The summed E-state index contributed by atoms with van der Waals surface area (Å²) in [5.74, 6) is -0.640. The van der Waals surface area contributed by atoms with E-state index in [4.69, 9.17) is 4.74 Å². The van der Waals surface area contributed by atoms with Crippen molar-refractivity contribution in [3.63, 3.8) is 0 Å². The molecule has 0 spiro atoms.